The molecule has 0 aliphatic carbocycles. The Morgan fingerprint density at radius 2 is 1.09 bits per heavy atom. The van der Waals surface area contributed by atoms with Gasteiger partial charge in [-0.2, -0.15) is 0 Å². The largest absolute Gasteiger partial charge is 0.546 e. The van der Waals surface area contributed by atoms with Crippen molar-refractivity contribution in [3.63, 3.8) is 0 Å². The summed E-state index contributed by atoms with van der Waals surface area (Å²) in [5.74, 6) is -1.22. The van der Waals surface area contributed by atoms with Gasteiger partial charge in [-0.3, -0.25) is 10.1 Å². The lowest BCUT2D eigenvalue weighted by molar-refractivity contribution is -0.385. The zero-order valence-electron chi connectivity index (χ0n) is 17.8. The van der Waals surface area contributed by atoms with E-state index in [1.54, 1.807) is 18.2 Å². The Balaban J connectivity index is 2.04. The van der Waals surface area contributed by atoms with Crippen LogP contribution < -0.4 is 21.0 Å². The molecule has 0 spiro atoms. The highest BCUT2D eigenvalue weighted by molar-refractivity contribution is 7.96. The van der Waals surface area contributed by atoms with Gasteiger partial charge in [0.15, 0.2) is 0 Å². The van der Waals surface area contributed by atoms with Gasteiger partial charge >= 0.3 is 0 Å². The molecule has 4 rings (SSSR count). The molecule has 0 bridgehead atoms. The molecule has 0 fully saturated rings. The van der Waals surface area contributed by atoms with Crippen molar-refractivity contribution in [3.8, 4) is 0 Å². The topological polar surface area (TPSA) is 83.3 Å². The van der Waals surface area contributed by atoms with Gasteiger partial charge in [0.1, 0.15) is 28.8 Å². The van der Waals surface area contributed by atoms with Gasteiger partial charge in [0.05, 0.1) is 10.9 Å². The van der Waals surface area contributed by atoms with Gasteiger partial charge in [0.25, 0.3) is 5.69 Å². The number of carbonyl (C=O) groups excluding carboxylic acids is 1. The normalized spacial score (nSPS) is 12.1. The third-order valence-corrected chi connectivity index (χ3v) is 10.5. The van der Waals surface area contributed by atoms with Gasteiger partial charge in [-0.05, 0) is 36.4 Å². The summed E-state index contributed by atoms with van der Waals surface area (Å²) in [6, 6.07) is 35.1. The van der Waals surface area contributed by atoms with Crippen LogP contribution in [0.2, 0.25) is 0 Å². The number of carbonyl (C=O) groups is 1. The van der Waals surface area contributed by atoms with Crippen LogP contribution in [0, 0.1) is 10.1 Å². The highest BCUT2D eigenvalue weighted by atomic mass is 31.2. The lowest BCUT2D eigenvalue weighted by atomic mass is 10.1. The number of aliphatic carboxylic acids is 1. The summed E-state index contributed by atoms with van der Waals surface area (Å²) < 4.78 is 0. The van der Waals surface area contributed by atoms with E-state index >= 15 is 0 Å². The molecule has 4 aromatic rings. The van der Waals surface area contributed by atoms with Gasteiger partial charge in [0, 0.05) is 18.1 Å². The predicted octanol–water partition coefficient (Wildman–Crippen LogP) is 3.25. The second-order valence-corrected chi connectivity index (χ2v) is 11.3. The van der Waals surface area contributed by atoms with Crippen LogP contribution in [0.15, 0.2) is 115 Å². The molecule has 0 saturated heterocycles. The number of hydrogen-bond donors (Lipinski definition) is 0. The lowest BCUT2D eigenvalue weighted by Crippen LogP contribution is -2.48. The summed E-state index contributed by atoms with van der Waals surface area (Å²) in [6.07, 6.45) is -0.0219. The fourth-order valence-corrected chi connectivity index (χ4v) is 9.11. The number of benzene rings is 4. The predicted molar refractivity (Wildman–Crippen MR) is 131 cm³/mol. The number of rotatable bonds is 8. The van der Waals surface area contributed by atoms with E-state index in [1.165, 1.54) is 6.07 Å². The number of nitrogens with zero attached hydrogens (tertiary/aromatic N) is 1. The Morgan fingerprint density at radius 1 is 0.697 bits per heavy atom. The Labute approximate surface area is 192 Å². The highest BCUT2D eigenvalue weighted by Gasteiger charge is 2.53. The lowest BCUT2D eigenvalue weighted by Gasteiger charge is -2.35. The fourth-order valence-electron chi connectivity index (χ4n) is 4.42. The van der Waals surface area contributed by atoms with Crippen LogP contribution in [0.3, 0.4) is 0 Å². The van der Waals surface area contributed by atoms with Crippen molar-refractivity contribution < 1.29 is 14.8 Å². The number of para-hydroxylation sites is 1. The van der Waals surface area contributed by atoms with Crippen LogP contribution >= 0.6 is 7.26 Å². The Hall–Kier alpha value is -3.82. The van der Waals surface area contributed by atoms with E-state index in [4.69, 9.17) is 0 Å². The number of carboxylic acid groups (broad SMARTS) is 1. The summed E-state index contributed by atoms with van der Waals surface area (Å²) in [4.78, 5) is 24.1. The monoisotopic (exact) mass is 455 g/mol. The maximum atomic E-state index is 12.9. The van der Waals surface area contributed by atoms with Gasteiger partial charge in [0.2, 0.25) is 0 Å². The molecule has 0 amide bonds. The van der Waals surface area contributed by atoms with E-state index in [0.717, 1.165) is 15.9 Å². The Morgan fingerprint density at radius 3 is 1.48 bits per heavy atom. The summed E-state index contributed by atoms with van der Waals surface area (Å²) in [7, 11) is -2.82. The van der Waals surface area contributed by atoms with Gasteiger partial charge in [-0.15, -0.1) is 0 Å². The van der Waals surface area contributed by atoms with Crippen LogP contribution in [0.4, 0.5) is 5.69 Å². The second-order valence-electron chi connectivity index (χ2n) is 7.65. The standard InChI is InChI=1S/C27H22NO4P/c29-27(30)26(20-21-12-10-11-19-25(21)28(31)32)33(22-13-4-1-5-14-22,23-15-6-2-7-16-23)24-17-8-3-9-18-24/h1-19,26H,20H2. The van der Waals surface area contributed by atoms with E-state index in [9.17, 15) is 20.0 Å². The minimum Gasteiger partial charge on any atom is -0.546 e. The number of hydrogen-bond acceptors (Lipinski definition) is 4. The summed E-state index contributed by atoms with van der Waals surface area (Å²) in [5, 5.41) is 27.2. The van der Waals surface area contributed by atoms with Gasteiger partial charge < -0.3 is 9.90 Å². The van der Waals surface area contributed by atoms with Crippen LogP contribution in [0.25, 0.3) is 0 Å². The Kier molecular flexibility index (Phi) is 6.62. The van der Waals surface area contributed by atoms with Crippen molar-refractivity contribution in [1.82, 2.24) is 0 Å². The minimum atomic E-state index is -2.82. The van der Waals surface area contributed by atoms with Crippen molar-refractivity contribution in [2.24, 2.45) is 0 Å². The maximum Gasteiger partial charge on any atom is 0.272 e. The maximum absolute atomic E-state index is 12.9. The summed E-state index contributed by atoms with van der Waals surface area (Å²) >= 11 is 0. The molecule has 0 aliphatic heterocycles. The first-order valence-corrected chi connectivity index (χ1v) is 12.4. The van der Waals surface area contributed by atoms with Gasteiger partial charge in [-0.1, -0.05) is 72.8 Å². The molecule has 0 heterocycles. The van der Waals surface area contributed by atoms with Crippen molar-refractivity contribution in [2.75, 3.05) is 0 Å². The molecule has 5 nitrogen and oxygen atoms in total. The Bertz CT molecular complexity index is 1150. The molecule has 1 unspecified atom stereocenters. The summed E-state index contributed by atoms with van der Waals surface area (Å²) in [6.45, 7) is 0. The van der Waals surface area contributed by atoms with Crippen LogP contribution in [0.1, 0.15) is 5.56 Å². The first-order valence-electron chi connectivity index (χ1n) is 10.5. The molecular weight excluding hydrogens is 433 g/mol. The average molecular weight is 455 g/mol. The van der Waals surface area contributed by atoms with E-state index < -0.39 is 23.8 Å². The second kappa shape index (κ2) is 9.76. The number of carboxylic acids is 1. The van der Waals surface area contributed by atoms with E-state index in [-0.39, 0.29) is 12.1 Å². The molecule has 0 N–H and O–H groups in total. The average Bonchev–Trinajstić information content (AvgIpc) is 2.86. The van der Waals surface area contributed by atoms with Crippen LogP contribution in [0.5, 0.6) is 0 Å². The third kappa shape index (κ3) is 4.28. The van der Waals surface area contributed by atoms with E-state index in [1.807, 2.05) is 91.0 Å². The SMILES string of the molecule is O=C([O-])C(Cc1ccccc1[N+](=O)[O-])[P+](c1ccccc1)(c1ccccc1)c1ccccc1. The van der Waals surface area contributed by atoms with Crippen LogP contribution in [-0.2, 0) is 11.2 Å². The molecule has 0 saturated carbocycles. The minimum absolute atomic E-state index is 0.0219. The van der Waals surface area contributed by atoms with Crippen molar-refractivity contribution >= 4 is 34.8 Å². The molecule has 0 aromatic heterocycles. The number of nitro benzene ring substituents is 1. The molecular formula is C27H22NO4P. The highest BCUT2D eigenvalue weighted by Crippen LogP contribution is 2.60. The first kappa shape index (κ1) is 22.4. The zero-order chi connectivity index (χ0) is 23.3. The molecule has 0 radical (unpaired) electrons. The van der Waals surface area contributed by atoms with E-state index in [2.05, 4.69) is 0 Å². The van der Waals surface area contributed by atoms with E-state index in [0.29, 0.717) is 5.56 Å². The van der Waals surface area contributed by atoms with Crippen molar-refractivity contribution in [3.05, 3.63) is 131 Å². The third-order valence-electron chi connectivity index (χ3n) is 5.83. The number of nitro groups is 1. The quantitative estimate of drug-likeness (QED) is 0.232. The molecule has 0 aliphatic rings. The van der Waals surface area contributed by atoms with Crippen molar-refractivity contribution in [1.29, 1.82) is 0 Å². The van der Waals surface area contributed by atoms with Gasteiger partial charge in [-0.25, -0.2) is 0 Å². The molecule has 164 valence electrons. The molecule has 1 atom stereocenters. The molecule has 4 aromatic carbocycles. The first-order chi connectivity index (χ1) is 16.0. The smallest absolute Gasteiger partial charge is 0.272 e. The zero-order valence-corrected chi connectivity index (χ0v) is 18.7. The fraction of sp³-hybridized carbons (Fsp3) is 0.0741. The summed E-state index contributed by atoms with van der Waals surface area (Å²) in [5.41, 5.74) is -0.717. The molecule has 33 heavy (non-hydrogen) atoms. The molecule has 6 heteroatoms. The van der Waals surface area contributed by atoms with Crippen LogP contribution in [-0.4, -0.2) is 16.6 Å². The van der Waals surface area contributed by atoms with Crippen molar-refractivity contribution in [2.45, 2.75) is 12.1 Å².